The van der Waals surface area contributed by atoms with E-state index in [1.165, 1.54) is 12.1 Å². The molecule has 1 saturated heterocycles. The van der Waals surface area contributed by atoms with Crippen LogP contribution < -0.4 is 10.5 Å². The minimum atomic E-state index is -4.73. The second kappa shape index (κ2) is 7.84. The van der Waals surface area contributed by atoms with Gasteiger partial charge in [-0.2, -0.15) is 13.2 Å². The van der Waals surface area contributed by atoms with Gasteiger partial charge in [0, 0.05) is 24.7 Å². The maximum absolute atomic E-state index is 13.5. The van der Waals surface area contributed by atoms with Gasteiger partial charge in [-0.3, -0.25) is 4.79 Å². The van der Waals surface area contributed by atoms with E-state index in [2.05, 4.69) is 4.98 Å². The first-order valence-corrected chi connectivity index (χ1v) is 8.49. The second-order valence-electron chi connectivity index (χ2n) is 6.48. The van der Waals surface area contributed by atoms with Crippen molar-refractivity contribution >= 4 is 5.91 Å². The maximum atomic E-state index is 13.5. The van der Waals surface area contributed by atoms with E-state index in [9.17, 15) is 32.6 Å². The maximum Gasteiger partial charge on any atom is 0.433 e. The van der Waals surface area contributed by atoms with E-state index in [0.717, 1.165) is 23.1 Å². The molecule has 3 rings (SSSR count). The smallest absolute Gasteiger partial charge is 0.433 e. The Labute approximate surface area is 162 Å². The van der Waals surface area contributed by atoms with Gasteiger partial charge in [0.2, 0.25) is 5.88 Å². The Bertz CT molecular complexity index is 912. The van der Waals surface area contributed by atoms with Crippen molar-refractivity contribution in [2.75, 3.05) is 13.1 Å². The summed E-state index contributed by atoms with van der Waals surface area (Å²) < 4.78 is 57.7. The van der Waals surface area contributed by atoms with Crippen molar-refractivity contribution < 1.29 is 37.3 Å². The summed E-state index contributed by atoms with van der Waals surface area (Å²) >= 11 is 0. The minimum absolute atomic E-state index is 0.00914. The first kappa shape index (κ1) is 20.8. The Kier molecular flexibility index (Phi) is 5.62. The van der Waals surface area contributed by atoms with Crippen molar-refractivity contribution in [2.24, 2.45) is 5.73 Å². The first-order chi connectivity index (χ1) is 13.6. The van der Waals surface area contributed by atoms with Gasteiger partial charge in [0.15, 0.2) is 11.5 Å². The lowest BCUT2D eigenvalue weighted by atomic mass is 10.1. The van der Waals surface area contributed by atoms with E-state index in [1.54, 1.807) is 0 Å². The Morgan fingerprint density at radius 2 is 2.00 bits per heavy atom. The highest BCUT2D eigenvalue weighted by molar-refractivity contribution is 5.95. The zero-order chi connectivity index (χ0) is 21.3. The molecule has 0 aliphatic carbocycles. The molecule has 1 aliphatic rings. The number of halogens is 4. The number of aromatic nitrogens is 1. The number of carbonyl (C=O) groups excluding carboxylic acids is 1. The summed E-state index contributed by atoms with van der Waals surface area (Å²) in [6.45, 7) is -0.702. The normalized spacial score (nSPS) is 19.4. The molecule has 0 saturated carbocycles. The zero-order valence-corrected chi connectivity index (χ0v) is 14.9. The number of alkyl halides is 4. The van der Waals surface area contributed by atoms with Crippen LogP contribution in [0.3, 0.4) is 0 Å². The van der Waals surface area contributed by atoms with Crippen molar-refractivity contribution in [3.63, 3.8) is 0 Å². The van der Waals surface area contributed by atoms with Crippen LogP contribution in [0.1, 0.15) is 21.6 Å². The number of pyridine rings is 1. The van der Waals surface area contributed by atoms with Crippen LogP contribution in [-0.4, -0.2) is 51.4 Å². The molecule has 0 spiro atoms. The fourth-order valence-electron chi connectivity index (χ4n) is 2.81. The van der Waals surface area contributed by atoms with Crippen LogP contribution >= 0.6 is 0 Å². The molecule has 2 atom stereocenters. The molecule has 156 valence electrons. The van der Waals surface area contributed by atoms with Gasteiger partial charge < -0.3 is 25.6 Å². The predicted molar refractivity (Wildman–Crippen MR) is 92.1 cm³/mol. The molecule has 4 N–H and O–H groups in total. The third kappa shape index (κ3) is 4.57. The summed E-state index contributed by atoms with van der Waals surface area (Å²) in [4.78, 5) is 16.9. The number of hydrogen-bond donors (Lipinski definition) is 3. The highest BCUT2D eigenvalue weighted by atomic mass is 19.4. The number of phenols is 1. The average molecular weight is 415 g/mol. The molecule has 2 heterocycles. The highest BCUT2D eigenvalue weighted by Gasteiger charge is 2.35. The summed E-state index contributed by atoms with van der Waals surface area (Å²) in [5, 5.41) is 19.4. The number of nitrogens with two attached hydrogens (primary N) is 1. The van der Waals surface area contributed by atoms with Crippen LogP contribution in [0.4, 0.5) is 17.6 Å². The first-order valence-electron chi connectivity index (χ1n) is 8.49. The largest absolute Gasteiger partial charge is 0.504 e. The Balaban J connectivity index is 1.89. The lowest BCUT2D eigenvalue weighted by Crippen LogP contribution is -2.29. The Morgan fingerprint density at radius 3 is 2.59 bits per heavy atom. The van der Waals surface area contributed by atoms with E-state index in [0.29, 0.717) is 0 Å². The van der Waals surface area contributed by atoms with E-state index >= 15 is 0 Å². The van der Waals surface area contributed by atoms with Crippen molar-refractivity contribution in [3.05, 3.63) is 47.2 Å². The number of β-amino-alcohol motifs (C(OH)–C–C–N with tert-alkyl or cyclic N) is 1. The van der Waals surface area contributed by atoms with Gasteiger partial charge in [-0.05, 0) is 29.8 Å². The minimum Gasteiger partial charge on any atom is -0.504 e. The van der Waals surface area contributed by atoms with Gasteiger partial charge in [-0.25, -0.2) is 9.37 Å². The van der Waals surface area contributed by atoms with Gasteiger partial charge in [-0.15, -0.1) is 0 Å². The summed E-state index contributed by atoms with van der Waals surface area (Å²) in [5.41, 5.74) is 4.29. The summed E-state index contributed by atoms with van der Waals surface area (Å²) in [5.74, 6) is -1.86. The molecule has 1 fully saturated rings. The third-order valence-electron chi connectivity index (χ3n) is 4.32. The van der Waals surface area contributed by atoms with E-state index < -0.39 is 41.7 Å². The summed E-state index contributed by atoms with van der Waals surface area (Å²) in [7, 11) is 0. The molecule has 7 nitrogen and oxygen atoms in total. The van der Waals surface area contributed by atoms with Crippen molar-refractivity contribution in [1.29, 1.82) is 0 Å². The number of aromatic hydroxyl groups is 1. The number of nitrogens with zero attached hydrogens (tertiary/aromatic N) is 2. The number of rotatable bonds is 4. The number of aliphatic hydroxyl groups is 1. The lowest BCUT2D eigenvalue weighted by Gasteiger charge is -2.16. The van der Waals surface area contributed by atoms with E-state index in [1.807, 2.05) is 0 Å². The molecule has 1 amide bonds. The monoisotopic (exact) mass is 415 g/mol. The standard InChI is InChI=1S/C18H17F4N3O4/c19-11-7-25(8-13(11)27)17(28)10-1-2-12(26)14(5-10)29-16-4-9(6-23)3-15(24-16)18(20,21)22/h1-5,11,13,26-27H,6-8,23H2/t11-,13-/m1/s1. The number of amides is 1. The van der Waals surface area contributed by atoms with Crippen LogP contribution in [0.25, 0.3) is 0 Å². The summed E-state index contributed by atoms with van der Waals surface area (Å²) in [6.07, 6.45) is -7.60. The van der Waals surface area contributed by atoms with Crippen molar-refractivity contribution in [2.45, 2.75) is 25.0 Å². The van der Waals surface area contributed by atoms with Gasteiger partial charge >= 0.3 is 6.18 Å². The van der Waals surface area contributed by atoms with Crippen LogP contribution in [0.5, 0.6) is 17.4 Å². The van der Waals surface area contributed by atoms with Gasteiger partial charge in [0.25, 0.3) is 5.91 Å². The third-order valence-corrected chi connectivity index (χ3v) is 4.32. The molecule has 0 unspecified atom stereocenters. The molecule has 11 heteroatoms. The molecule has 0 bridgehead atoms. The lowest BCUT2D eigenvalue weighted by molar-refractivity contribution is -0.141. The van der Waals surface area contributed by atoms with Crippen molar-refractivity contribution in [3.8, 4) is 17.4 Å². The average Bonchev–Trinajstić information content (AvgIpc) is 3.00. The van der Waals surface area contributed by atoms with E-state index in [-0.39, 0.29) is 36.5 Å². The highest BCUT2D eigenvalue weighted by Crippen LogP contribution is 2.34. The van der Waals surface area contributed by atoms with Gasteiger partial charge in [0.1, 0.15) is 18.0 Å². The molecule has 1 aromatic heterocycles. The molecular formula is C18H17F4N3O4. The number of carbonyl (C=O) groups is 1. The topological polar surface area (TPSA) is 109 Å². The van der Waals surface area contributed by atoms with Gasteiger partial charge in [0.05, 0.1) is 6.54 Å². The molecule has 29 heavy (non-hydrogen) atoms. The fraction of sp³-hybridized carbons (Fsp3) is 0.333. The molecule has 0 radical (unpaired) electrons. The number of likely N-dealkylation sites (tertiary alicyclic amines) is 1. The van der Waals surface area contributed by atoms with Gasteiger partial charge in [-0.1, -0.05) is 0 Å². The predicted octanol–water partition coefficient (Wildman–Crippen LogP) is 2.21. The zero-order valence-electron chi connectivity index (χ0n) is 14.9. The van der Waals surface area contributed by atoms with Crippen LogP contribution in [0.2, 0.25) is 0 Å². The quantitative estimate of drug-likeness (QED) is 0.661. The Hall–Kier alpha value is -2.92. The number of aliphatic hydroxyl groups excluding tert-OH is 1. The number of benzene rings is 1. The van der Waals surface area contributed by atoms with E-state index in [4.69, 9.17) is 10.5 Å². The molecule has 2 aromatic rings. The Morgan fingerprint density at radius 1 is 1.28 bits per heavy atom. The molecular weight excluding hydrogens is 398 g/mol. The number of ether oxygens (including phenoxy) is 1. The molecule has 1 aromatic carbocycles. The van der Waals surface area contributed by atoms with Crippen molar-refractivity contribution in [1.82, 2.24) is 9.88 Å². The summed E-state index contributed by atoms with van der Waals surface area (Å²) in [6, 6.07) is 5.40. The second-order valence-corrected chi connectivity index (χ2v) is 6.48. The number of hydrogen-bond acceptors (Lipinski definition) is 6. The van der Waals surface area contributed by atoms with Crippen LogP contribution in [0.15, 0.2) is 30.3 Å². The van der Waals surface area contributed by atoms with Crippen LogP contribution in [0, 0.1) is 0 Å². The number of phenolic OH excluding ortho intramolecular Hbond substituents is 1. The SMILES string of the molecule is NCc1cc(Oc2cc(C(=O)N3C[C@@H](O)[C@H](F)C3)ccc2O)nc(C(F)(F)F)c1. The van der Waals surface area contributed by atoms with Crippen LogP contribution in [-0.2, 0) is 12.7 Å². The fourth-order valence-corrected chi connectivity index (χ4v) is 2.81. The molecule has 1 aliphatic heterocycles.